The van der Waals surface area contributed by atoms with Crippen LogP contribution in [0.15, 0.2) is 37.1 Å². The van der Waals surface area contributed by atoms with Gasteiger partial charge in [-0.05, 0) is 79.1 Å². The van der Waals surface area contributed by atoms with Crippen molar-refractivity contribution in [2.75, 3.05) is 34.4 Å². The first-order valence-electron chi connectivity index (χ1n) is 20.9. The first-order chi connectivity index (χ1) is 27.9. The largest absolute Gasteiger partial charge is 0.457 e. The Kier molecular flexibility index (Phi) is 15.1. The van der Waals surface area contributed by atoms with Crippen LogP contribution in [0.25, 0.3) is 11.3 Å². The number of unbranched alkanes of at least 4 members (excludes halogenated alkanes) is 1. The molecule has 2 aromatic rings. The van der Waals surface area contributed by atoms with Crippen molar-refractivity contribution in [2.45, 2.75) is 141 Å². The highest BCUT2D eigenvalue weighted by Gasteiger charge is 2.62. The number of aliphatic hydroxyl groups is 2. The van der Waals surface area contributed by atoms with Gasteiger partial charge in [-0.2, -0.15) is 0 Å². The molecule has 0 aliphatic carbocycles. The highest BCUT2D eigenvalue weighted by atomic mass is 16.7. The Hall–Kier alpha value is -3.80. The van der Waals surface area contributed by atoms with E-state index >= 15 is 0 Å². The smallest absolute Gasteiger partial charge is 0.411 e. The number of esters is 1. The number of fused-ring (bicyclic) bond motifs is 1. The Morgan fingerprint density at radius 1 is 1.03 bits per heavy atom. The van der Waals surface area contributed by atoms with Crippen LogP contribution in [0.4, 0.5) is 4.79 Å². The van der Waals surface area contributed by atoms with Gasteiger partial charge < -0.3 is 48.3 Å². The molecular weight excluding hydrogens is 762 g/mol. The predicted molar refractivity (Wildman–Crippen MR) is 216 cm³/mol. The molecule has 0 spiro atoms. The van der Waals surface area contributed by atoms with Crippen LogP contribution in [-0.4, -0.2) is 147 Å². The average molecular weight is 828 g/mol. The van der Waals surface area contributed by atoms with Gasteiger partial charge >= 0.3 is 12.1 Å². The third-order valence-electron chi connectivity index (χ3n) is 12.9. The van der Waals surface area contributed by atoms with Gasteiger partial charge in [-0.1, -0.05) is 27.7 Å². The number of carbonyl (C=O) groups is 4. The van der Waals surface area contributed by atoms with E-state index in [-0.39, 0.29) is 37.3 Å². The van der Waals surface area contributed by atoms with Gasteiger partial charge in [0.2, 0.25) is 0 Å². The number of cyclic esters (lactones) is 1. The quantitative estimate of drug-likeness (QED) is 0.178. The molecule has 16 heteroatoms. The summed E-state index contributed by atoms with van der Waals surface area (Å²) in [4.78, 5) is 69.0. The van der Waals surface area contributed by atoms with Crippen LogP contribution in [-0.2, 0) is 44.6 Å². The van der Waals surface area contributed by atoms with Crippen LogP contribution in [0.5, 0.6) is 0 Å². The minimum atomic E-state index is -1.80. The van der Waals surface area contributed by atoms with Crippen molar-refractivity contribution >= 4 is 23.6 Å². The van der Waals surface area contributed by atoms with E-state index in [4.69, 9.17) is 23.7 Å². The summed E-state index contributed by atoms with van der Waals surface area (Å²) in [7, 11) is 5.19. The van der Waals surface area contributed by atoms with Gasteiger partial charge in [0.05, 0.1) is 42.5 Å². The summed E-state index contributed by atoms with van der Waals surface area (Å²) in [6.07, 6.45) is 3.51. The fourth-order valence-electron chi connectivity index (χ4n) is 9.44. The molecule has 59 heavy (non-hydrogen) atoms. The second-order valence-corrected chi connectivity index (χ2v) is 17.3. The number of carbonyl (C=O) groups excluding carboxylic acids is 4. The molecular formula is C43H65N5O11. The molecule has 328 valence electrons. The van der Waals surface area contributed by atoms with Crippen LogP contribution < -0.4 is 0 Å². The summed E-state index contributed by atoms with van der Waals surface area (Å²) in [6.45, 7) is 12.0. The van der Waals surface area contributed by atoms with Crippen molar-refractivity contribution in [3.05, 3.63) is 37.1 Å². The van der Waals surface area contributed by atoms with Crippen LogP contribution in [0, 0.1) is 23.7 Å². The molecule has 3 aliphatic heterocycles. The highest BCUT2D eigenvalue weighted by molar-refractivity contribution is 6.00. The molecule has 0 aromatic carbocycles. The number of nitrogens with zero attached hydrogens (tertiary/aromatic N) is 5. The van der Waals surface area contributed by atoms with Crippen molar-refractivity contribution in [3.8, 4) is 11.3 Å². The number of rotatable bonds is 12. The van der Waals surface area contributed by atoms with Gasteiger partial charge in [-0.15, -0.1) is 0 Å². The first-order valence-corrected chi connectivity index (χ1v) is 20.9. The van der Waals surface area contributed by atoms with Crippen molar-refractivity contribution in [3.63, 3.8) is 0 Å². The Morgan fingerprint density at radius 2 is 1.75 bits per heavy atom. The zero-order chi connectivity index (χ0) is 43.4. The summed E-state index contributed by atoms with van der Waals surface area (Å²) >= 11 is 0. The monoisotopic (exact) mass is 827 g/mol. The number of aromatic nitrogens is 3. The summed E-state index contributed by atoms with van der Waals surface area (Å²) in [5.41, 5.74) is -1.44. The zero-order valence-corrected chi connectivity index (χ0v) is 36.3. The van der Waals surface area contributed by atoms with Crippen LogP contribution >= 0.6 is 0 Å². The Bertz CT molecular complexity index is 1760. The lowest BCUT2D eigenvalue weighted by Crippen LogP contribution is -2.62. The predicted octanol–water partition coefficient (Wildman–Crippen LogP) is 3.90. The summed E-state index contributed by atoms with van der Waals surface area (Å²) in [5.74, 6) is -5.58. The molecule has 2 N–H and O–H groups in total. The fraction of sp³-hybridized carbons (Fsp3) is 0.721. The van der Waals surface area contributed by atoms with Gasteiger partial charge in [-0.25, -0.2) is 9.78 Å². The maximum atomic E-state index is 14.7. The van der Waals surface area contributed by atoms with Gasteiger partial charge in [0.1, 0.15) is 23.9 Å². The normalized spacial score (nSPS) is 36.3. The molecule has 16 nitrogen and oxygen atoms in total. The lowest BCUT2D eigenvalue weighted by molar-refractivity contribution is -0.295. The number of hydrogen-bond donors (Lipinski definition) is 2. The Balaban J connectivity index is 1.46. The van der Waals surface area contributed by atoms with E-state index in [1.807, 2.05) is 48.8 Å². The van der Waals surface area contributed by atoms with Crippen molar-refractivity contribution in [2.24, 2.45) is 23.7 Å². The molecule has 2 aromatic heterocycles. The number of pyridine rings is 1. The number of aliphatic hydroxyl groups excluding tert-OH is 2. The molecule has 3 saturated heterocycles. The third-order valence-corrected chi connectivity index (χ3v) is 12.9. The van der Waals surface area contributed by atoms with Crippen LogP contribution in [0.2, 0.25) is 0 Å². The maximum Gasteiger partial charge on any atom is 0.411 e. The van der Waals surface area contributed by atoms with E-state index in [2.05, 4.69) is 9.97 Å². The lowest BCUT2D eigenvalue weighted by Gasteiger charge is -2.47. The molecule has 1 amide bonds. The van der Waals surface area contributed by atoms with E-state index in [0.29, 0.717) is 25.8 Å². The summed E-state index contributed by atoms with van der Waals surface area (Å²) in [6, 6.07) is 2.45. The van der Waals surface area contributed by atoms with Crippen molar-refractivity contribution in [1.29, 1.82) is 0 Å². The SMILES string of the molecule is CC[C@H]1OC(=O)[C@H](C)C(=O)[C@H](C)[C@@H](OC2O[C@H](C)C[C@H](N(C)C)[C@H]2O)[C@](C)(OC)C[C@@H](C)C(=O)[C@H](C)[C@H]2N(CCCCn3cnc(-c4cccnc4)c3)C(=O)O[C@]12CO. The molecule has 1 unspecified atom stereocenters. The van der Waals surface area contributed by atoms with Gasteiger partial charge in [0, 0.05) is 68.1 Å². The molecule has 13 atom stereocenters. The number of ketones is 2. The number of hydrogen-bond acceptors (Lipinski definition) is 14. The molecule has 0 radical (unpaired) electrons. The lowest BCUT2D eigenvalue weighted by atomic mass is 9.73. The van der Waals surface area contributed by atoms with E-state index in [0.717, 1.165) is 11.3 Å². The summed E-state index contributed by atoms with van der Waals surface area (Å²) < 4.78 is 33.0. The van der Waals surface area contributed by atoms with Crippen LogP contribution in [0.3, 0.4) is 0 Å². The summed E-state index contributed by atoms with van der Waals surface area (Å²) in [5, 5.41) is 22.6. The number of likely N-dealkylation sites (N-methyl/N-ethyl adjacent to an activating group) is 1. The standard InChI is InChI=1S/C43H65N5O11/c1-11-33-43(23-49)37(48(41(54)59-43)18-13-12-17-47-22-31(45-24-47)30-15-14-16-44-21-30)27(4)34(50)25(2)20-42(7,55-10)38(28(5)35(51)29(6)39(53)57-33)58-40-36(52)32(46(8)9)19-26(3)56-40/h14-16,21-22,24-29,32-33,36-38,40,49,52H,11-13,17-20,23H2,1-10H3/t25-,26-,27+,28+,29-,32+,33-,36-,37-,38-,40?,42-,43-/m1/s1. The maximum absolute atomic E-state index is 14.7. The van der Waals surface area contributed by atoms with E-state index < -0.39 is 90.0 Å². The molecule has 3 fully saturated rings. The number of imidazole rings is 1. The Morgan fingerprint density at radius 3 is 2.37 bits per heavy atom. The molecule has 5 rings (SSSR count). The minimum absolute atomic E-state index is 0.0695. The van der Waals surface area contributed by atoms with Crippen LogP contribution in [0.1, 0.15) is 80.6 Å². The van der Waals surface area contributed by atoms with E-state index in [1.165, 1.54) is 18.9 Å². The first kappa shape index (κ1) is 46.3. The minimum Gasteiger partial charge on any atom is -0.457 e. The average Bonchev–Trinajstić information content (AvgIpc) is 3.82. The molecule has 5 heterocycles. The van der Waals surface area contributed by atoms with E-state index in [1.54, 1.807) is 53.3 Å². The highest BCUT2D eigenvalue weighted by Crippen LogP contribution is 2.43. The van der Waals surface area contributed by atoms with Gasteiger partial charge in [-0.3, -0.25) is 19.4 Å². The fourth-order valence-corrected chi connectivity index (χ4v) is 9.44. The van der Waals surface area contributed by atoms with Gasteiger partial charge in [0.25, 0.3) is 0 Å². The Labute approximate surface area is 347 Å². The number of amides is 1. The number of ether oxygens (including phenoxy) is 5. The zero-order valence-electron chi connectivity index (χ0n) is 36.3. The van der Waals surface area contributed by atoms with Gasteiger partial charge in [0.15, 0.2) is 17.7 Å². The van der Waals surface area contributed by atoms with Crippen molar-refractivity contribution < 1.29 is 53.1 Å². The third kappa shape index (κ3) is 9.57. The second-order valence-electron chi connectivity index (χ2n) is 17.3. The molecule has 0 saturated carbocycles. The molecule has 0 bridgehead atoms. The number of aryl methyl sites for hydroxylation is 1. The molecule has 3 aliphatic rings. The number of methoxy groups -OCH3 is 1. The van der Waals surface area contributed by atoms with Crippen molar-refractivity contribution in [1.82, 2.24) is 24.3 Å². The second kappa shape index (κ2) is 19.3. The topological polar surface area (TPSA) is 192 Å². The number of Topliss-reactive ketones (excluding diaryl/α,β-unsaturated/α-hetero) is 2. The van der Waals surface area contributed by atoms with E-state index in [9.17, 15) is 29.4 Å².